The van der Waals surface area contributed by atoms with Gasteiger partial charge in [0, 0.05) is 24.8 Å². The van der Waals surface area contributed by atoms with Gasteiger partial charge in [0.15, 0.2) is 0 Å². The summed E-state index contributed by atoms with van der Waals surface area (Å²) in [5, 5.41) is 14.1. The molecule has 34 heavy (non-hydrogen) atoms. The maximum Gasteiger partial charge on any atom is 0.341 e. The van der Waals surface area contributed by atoms with Crippen LogP contribution in [0.1, 0.15) is 60.4 Å². The number of hydrogen-bond donors (Lipinski definition) is 4. The van der Waals surface area contributed by atoms with Crippen molar-refractivity contribution in [1.82, 2.24) is 20.6 Å². The number of aromatic nitrogens is 2. The average Bonchev–Trinajstić information content (AvgIpc) is 3.22. The molecule has 13 heteroatoms. The standard InChI is InChI=1S/C21H28Cl2N5O5P/c1-4-21(5-2)11-13(9-10-28(21)33-34(3,31)32)25-20(30)18-16(12-24-27-18)26-19(29)17-14(22)7-6-8-15(17)23/h6-8,12-13H,4-5,9-11H2,1-3H3,(H,24,27)(H,25,30)(H,26,29)(H,31,32). The van der Waals surface area contributed by atoms with E-state index >= 15 is 0 Å². The van der Waals surface area contributed by atoms with Gasteiger partial charge in [-0.05, 0) is 37.8 Å². The number of anilines is 1. The molecule has 1 aromatic heterocycles. The predicted octanol–water partition coefficient (Wildman–Crippen LogP) is 4.47. The monoisotopic (exact) mass is 531 g/mol. The summed E-state index contributed by atoms with van der Waals surface area (Å²) < 4.78 is 17.2. The first-order valence-electron chi connectivity index (χ1n) is 10.9. The Bertz CT molecular complexity index is 1080. The zero-order chi connectivity index (χ0) is 25.1. The maximum absolute atomic E-state index is 13.0. The van der Waals surface area contributed by atoms with Crippen LogP contribution in [0.5, 0.6) is 0 Å². The third-order valence-electron chi connectivity index (χ3n) is 6.04. The van der Waals surface area contributed by atoms with E-state index in [2.05, 4.69) is 20.8 Å². The number of carbonyl (C=O) groups excluding carboxylic acids is 2. The van der Waals surface area contributed by atoms with E-state index in [1.54, 1.807) is 23.3 Å². The minimum atomic E-state index is -3.71. The van der Waals surface area contributed by atoms with Crippen LogP contribution >= 0.6 is 30.8 Å². The summed E-state index contributed by atoms with van der Waals surface area (Å²) in [5.41, 5.74) is -0.138. The van der Waals surface area contributed by atoms with E-state index in [0.717, 1.165) is 6.66 Å². The molecule has 1 aromatic carbocycles. The minimum absolute atomic E-state index is 0.0854. The Balaban J connectivity index is 1.72. The number of benzene rings is 1. The Hall–Kier alpha value is -1.94. The van der Waals surface area contributed by atoms with Gasteiger partial charge in [-0.1, -0.05) is 43.1 Å². The molecule has 2 amide bonds. The Labute approximate surface area is 207 Å². The predicted molar refractivity (Wildman–Crippen MR) is 130 cm³/mol. The van der Waals surface area contributed by atoms with E-state index in [9.17, 15) is 19.0 Å². The van der Waals surface area contributed by atoms with Crippen LogP contribution < -0.4 is 10.6 Å². The van der Waals surface area contributed by atoms with Crippen LogP contribution in [0.3, 0.4) is 0 Å². The molecule has 1 saturated heterocycles. The Kier molecular flexibility index (Phi) is 8.44. The molecule has 0 bridgehead atoms. The summed E-state index contributed by atoms with van der Waals surface area (Å²) in [6.45, 7) is 5.48. The van der Waals surface area contributed by atoms with Crippen LogP contribution in [0.15, 0.2) is 24.4 Å². The first kappa shape index (κ1) is 26.7. The van der Waals surface area contributed by atoms with Gasteiger partial charge in [-0.3, -0.25) is 19.3 Å². The van der Waals surface area contributed by atoms with Crippen LogP contribution in [0, 0.1) is 0 Å². The number of aromatic amines is 1. The molecular weight excluding hydrogens is 504 g/mol. The number of nitrogens with zero attached hydrogens (tertiary/aromatic N) is 2. The number of hydroxylamine groups is 2. The number of halogens is 2. The molecule has 0 spiro atoms. The lowest BCUT2D eigenvalue weighted by Crippen LogP contribution is -2.57. The SMILES string of the molecule is CCC1(CC)CC(NC(=O)c2[nH]ncc2NC(=O)c2c(Cl)cccc2Cl)CCN1OP(C)(=O)O. The number of nitrogens with one attached hydrogen (secondary N) is 3. The van der Waals surface area contributed by atoms with E-state index in [-0.39, 0.29) is 33.0 Å². The molecular formula is C21H28Cl2N5O5P. The smallest absolute Gasteiger partial charge is 0.341 e. The fraction of sp³-hybridized carbons (Fsp3) is 0.476. The molecule has 0 aliphatic carbocycles. The van der Waals surface area contributed by atoms with Crippen molar-refractivity contribution in [3.8, 4) is 0 Å². The Morgan fingerprint density at radius 2 is 1.94 bits per heavy atom. The molecule has 0 radical (unpaired) electrons. The Morgan fingerprint density at radius 1 is 1.29 bits per heavy atom. The lowest BCUT2D eigenvalue weighted by atomic mass is 9.81. The molecule has 0 saturated carbocycles. The van der Waals surface area contributed by atoms with Gasteiger partial charge >= 0.3 is 7.60 Å². The third-order valence-corrected chi connectivity index (χ3v) is 7.17. The average molecular weight is 532 g/mol. The highest BCUT2D eigenvalue weighted by molar-refractivity contribution is 7.51. The van der Waals surface area contributed by atoms with Gasteiger partial charge in [0.05, 0.1) is 27.5 Å². The molecule has 3 rings (SSSR count). The highest BCUT2D eigenvalue weighted by Gasteiger charge is 2.43. The lowest BCUT2D eigenvalue weighted by Gasteiger charge is -2.48. The van der Waals surface area contributed by atoms with Gasteiger partial charge in [-0.25, -0.2) is 4.62 Å². The van der Waals surface area contributed by atoms with Crippen molar-refractivity contribution in [2.24, 2.45) is 0 Å². The van der Waals surface area contributed by atoms with Gasteiger partial charge < -0.3 is 15.5 Å². The summed E-state index contributed by atoms with van der Waals surface area (Å²) in [6, 6.07) is 4.50. The number of rotatable bonds is 8. The maximum atomic E-state index is 13.0. The van der Waals surface area contributed by atoms with Crippen molar-refractivity contribution >= 4 is 48.3 Å². The van der Waals surface area contributed by atoms with E-state index in [1.165, 1.54) is 6.20 Å². The fourth-order valence-corrected chi connectivity index (χ4v) is 5.40. The van der Waals surface area contributed by atoms with Crippen molar-refractivity contribution in [2.45, 2.75) is 51.1 Å². The number of hydrogen-bond acceptors (Lipinski definition) is 6. The number of piperidine rings is 1. The summed E-state index contributed by atoms with van der Waals surface area (Å²) in [5.74, 6) is -1.01. The Morgan fingerprint density at radius 3 is 2.53 bits per heavy atom. The molecule has 2 atom stereocenters. The van der Waals surface area contributed by atoms with Gasteiger partial charge in [0.1, 0.15) is 5.69 Å². The number of amides is 2. The summed E-state index contributed by atoms with van der Waals surface area (Å²) in [6.07, 6.45) is 3.70. The van der Waals surface area contributed by atoms with Crippen molar-refractivity contribution in [1.29, 1.82) is 0 Å². The van der Waals surface area contributed by atoms with Crippen LogP contribution in [0.25, 0.3) is 0 Å². The minimum Gasteiger partial charge on any atom is -0.348 e. The van der Waals surface area contributed by atoms with Crippen molar-refractivity contribution in [3.63, 3.8) is 0 Å². The molecule has 1 aliphatic rings. The summed E-state index contributed by atoms with van der Waals surface area (Å²) in [7, 11) is -3.71. The van der Waals surface area contributed by atoms with Crippen molar-refractivity contribution < 1.29 is 23.7 Å². The van der Waals surface area contributed by atoms with Crippen LogP contribution in [0.4, 0.5) is 5.69 Å². The molecule has 1 aliphatic heterocycles. The van der Waals surface area contributed by atoms with Crippen LogP contribution in [-0.4, -0.2) is 56.8 Å². The zero-order valence-corrected chi connectivity index (χ0v) is 21.5. The van der Waals surface area contributed by atoms with Gasteiger partial charge in [0.25, 0.3) is 11.8 Å². The number of carbonyl (C=O) groups is 2. The highest BCUT2D eigenvalue weighted by Crippen LogP contribution is 2.44. The fourth-order valence-electron chi connectivity index (χ4n) is 4.21. The highest BCUT2D eigenvalue weighted by atomic mass is 35.5. The summed E-state index contributed by atoms with van der Waals surface area (Å²) >= 11 is 12.2. The van der Waals surface area contributed by atoms with Crippen LogP contribution in [-0.2, 0) is 9.19 Å². The van der Waals surface area contributed by atoms with Crippen molar-refractivity contribution in [3.05, 3.63) is 45.7 Å². The second-order valence-electron chi connectivity index (χ2n) is 8.29. The molecule has 4 N–H and O–H groups in total. The zero-order valence-electron chi connectivity index (χ0n) is 19.1. The van der Waals surface area contributed by atoms with Gasteiger partial charge in [-0.2, -0.15) is 10.2 Å². The summed E-state index contributed by atoms with van der Waals surface area (Å²) in [4.78, 5) is 35.5. The second-order valence-corrected chi connectivity index (χ2v) is 10.9. The van der Waals surface area contributed by atoms with E-state index in [4.69, 9.17) is 27.8 Å². The third kappa shape index (κ3) is 6.00. The van der Waals surface area contributed by atoms with Gasteiger partial charge in [0.2, 0.25) is 0 Å². The topological polar surface area (TPSA) is 137 Å². The second kappa shape index (κ2) is 10.8. The lowest BCUT2D eigenvalue weighted by molar-refractivity contribution is -0.175. The molecule has 2 aromatic rings. The quantitative estimate of drug-likeness (QED) is 0.369. The molecule has 10 nitrogen and oxygen atoms in total. The normalized spacial score (nSPS) is 19.9. The number of H-pyrrole nitrogens is 1. The first-order chi connectivity index (χ1) is 16.0. The van der Waals surface area contributed by atoms with Crippen molar-refractivity contribution in [2.75, 3.05) is 18.5 Å². The molecule has 2 heterocycles. The first-order valence-corrected chi connectivity index (χ1v) is 13.6. The van der Waals surface area contributed by atoms with E-state index in [1.807, 2.05) is 13.8 Å². The van der Waals surface area contributed by atoms with E-state index < -0.39 is 24.9 Å². The molecule has 2 unspecified atom stereocenters. The molecule has 186 valence electrons. The molecule has 1 fully saturated rings. The van der Waals surface area contributed by atoms with Gasteiger partial charge in [-0.15, -0.1) is 0 Å². The van der Waals surface area contributed by atoms with E-state index in [0.29, 0.717) is 32.2 Å². The van der Waals surface area contributed by atoms with Crippen LogP contribution in [0.2, 0.25) is 10.0 Å². The largest absolute Gasteiger partial charge is 0.348 e.